The molecule has 0 bridgehead atoms. The Morgan fingerprint density at radius 1 is 1.06 bits per heavy atom. The number of amides is 1. The van der Waals surface area contributed by atoms with Crippen molar-refractivity contribution in [1.82, 2.24) is 10.2 Å². The molecular formula is C24H28N4O5S. The van der Waals surface area contributed by atoms with Crippen LogP contribution in [0, 0.1) is 5.92 Å². The Hall–Kier alpha value is -2.79. The van der Waals surface area contributed by atoms with E-state index in [1.807, 2.05) is 0 Å². The first kappa shape index (κ1) is 23.0. The lowest BCUT2D eigenvalue weighted by Crippen LogP contribution is -2.52. The minimum Gasteiger partial charge on any atom is -0.381 e. The number of nitrogens with zero attached hydrogens (tertiary/aromatic N) is 2. The zero-order valence-electron chi connectivity index (χ0n) is 18.8. The molecule has 1 amide bonds. The van der Waals surface area contributed by atoms with E-state index in [4.69, 9.17) is 9.47 Å². The summed E-state index contributed by atoms with van der Waals surface area (Å²) in [5.41, 5.74) is 1.72. The van der Waals surface area contributed by atoms with E-state index in [2.05, 4.69) is 19.9 Å². The summed E-state index contributed by atoms with van der Waals surface area (Å²) < 4.78 is 39.4. The van der Waals surface area contributed by atoms with Crippen molar-refractivity contribution in [3.8, 4) is 0 Å². The van der Waals surface area contributed by atoms with Crippen molar-refractivity contribution in [3.05, 3.63) is 59.7 Å². The van der Waals surface area contributed by atoms with Crippen molar-refractivity contribution in [2.24, 2.45) is 10.3 Å². The SMILES string of the molecule is O=C(NCC(C1CCOC1)N1CCOCC1)c1ccc(NC2=NS(=O)(=O)c3ccccc32)cc1. The molecule has 0 aliphatic carbocycles. The van der Waals surface area contributed by atoms with E-state index in [1.165, 1.54) is 6.07 Å². The van der Waals surface area contributed by atoms with Crippen molar-refractivity contribution in [2.75, 3.05) is 51.4 Å². The number of nitrogens with one attached hydrogen (secondary N) is 2. The van der Waals surface area contributed by atoms with Gasteiger partial charge in [-0.3, -0.25) is 9.69 Å². The first-order chi connectivity index (χ1) is 16.5. The molecule has 3 aliphatic rings. The van der Waals surface area contributed by atoms with Crippen molar-refractivity contribution in [3.63, 3.8) is 0 Å². The van der Waals surface area contributed by atoms with Crippen LogP contribution in [0.3, 0.4) is 0 Å². The largest absolute Gasteiger partial charge is 0.381 e. The molecular weight excluding hydrogens is 456 g/mol. The van der Waals surface area contributed by atoms with Crippen LogP contribution in [-0.2, 0) is 19.5 Å². The van der Waals surface area contributed by atoms with Gasteiger partial charge in [0.2, 0.25) is 0 Å². The maximum atomic E-state index is 12.8. The van der Waals surface area contributed by atoms with Gasteiger partial charge in [-0.05, 0) is 42.8 Å². The lowest BCUT2D eigenvalue weighted by atomic mass is 9.96. The third kappa shape index (κ3) is 4.85. The Morgan fingerprint density at radius 3 is 2.56 bits per heavy atom. The number of benzene rings is 2. The van der Waals surface area contributed by atoms with Crippen molar-refractivity contribution in [1.29, 1.82) is 0 Å². The maximum absolute atomic E-state index is 12.8. The van der Waals surface area contributed by atoms with Crippen molar-refractivity contribution < 1.29 is 22.7 Å². The van der Waals surface area contributed by atoms with E-state index in [-0.39, 0.29) is 22.7 Å². The second kappa shape index (κ2) is 9.83. The highest BCUT2D eigenvalue weighted by Gasteiger charge is 2.32. The molecule has 2 fully saturated rings. The molecule has 2 aromatic rings. The molecule has 2 atom stereocenters. The zero-order valence-corrected chi connectivity index (χ0v) is 19.6. The fourth-order valence-corrected chi connectivity index (χ4v) is 5.87. The topological polar surface area (TPSA) is 109 Å². The third-order valence-corrected chi connectivity index (χ3v) is 7.87. The van der Waals surface area contributed by atoms with E-state index < -0.39 is 10.0 Å². The number of hydrogen-bond acceptors (Lipinski definition) is 7. The monoisotopic (exact) mass is 484 g/mol. The van der Waals surface area contributed by atoms with E-state index in [0.717, 1.165) is 32.7 Å². The lowest BCUT2D eigenvalue weighted by molar-refractivity contribution is 0.00166. The normalized spacial score (nSPS) is 22.6. The van der Waals surface area contributed by atoms with Crippen LogP contribution in [-0.4, -0.2) is 77.2 Å². The first-order valence-corrected chi connectivity index (χ1v) is 12.9. The van der Waals surface area contributed by atoms with Gasteiger partial charge in [-0.1, -0.05) is 12.1 Å². The first-order valence-electron chi connectivity index (χ1n) is 11.5. The lowest BCUT2D eigenvalue weighted by Gasteiger charge is -2.37. The van der Waals surface area contributed by atoms with Crippen LogP contribution in [0.25, 0.3) is 0 Å². The minimum absolute atomic E-state index is 0.144. The Morgan fingerprint density at radius 2 is 1.82 bits per heavy atom. The van der Waals surface area contributed by atoms with Gasteiger partial charge in [0, 0.05) is 55.0 Å². The Bertz CT molecular complexity index is 1170. The van der Waals surface area contributed by atoms with Gasteiger partial charge in [0.05, 0.1) is 19.8 Å². The fraction of sp³-hybridized carbons (Fsp3) is 0.417. The van der Waals surface area contributed by atoms with Gasteiger partial charge in [0.1, 0.15) is 4.90 Å². The third-order valence-electron chi connectivity index (χ3n) is 6.54. The van der Waals surface area contributed by atoms with Gasteiger partial charge in [0.15, 0.2) is 5.84 Å². The van der Waals surface area contributed by atoms with E-state index in [0.29, 0.717) is 42.5 Å². The van der Waals surface area contributed by atoms with Gasteiger partial charge in [-0.2, -0.15) is 8.42 Å². The molecule has 2 unspecified atom stereocenters. The predicted molar refractivity (Wildman–Crippen MR) is 128 cm³/mol. The Kier molecular flexibility index (Phi) is 6.64. The minimum atomic E-state index is -3.69. The van der Waals surface area contributed by atoms with Crippen LogP contribution < -0.4 is 10.6 Å². The van der Waals surface area contributed by atoms with E-state index in [1.54, 1.807) is 42.5 Å². The number of carbonyl (C=O) groups excluding carboxylic acids is 1. The zero-order chi connectivity index (χ0) is 23.5. The molecule has 2 saturated heterocycles. The quantitative estimate of drug-likeness (QED) is 0.643. The molecule has 0 aromatic heterocycles. The molecule has 10 heteroatoms. The van der Waals surface area contributed by atoms with Crippen molar-refractivity contribution in [2.45, 2.75) is 17.4 Å². The highest BCUT2D eigenvalue weighted by Crippen LogP contribution is 2.27. The number of hydrogen-bond donors (Lipinski definition) is 2. The second-order valence-corrected chi connectivity index (χ2v) is 10.2. The summed E-state index contributed by atoms with van der Waals surface area (Å²) in [7, 11) is -3.69. The summed E-state index contributed by atoms with van der Waals surface area (Å²) >= 11 is 0. The Labute approximate surface area is 199 Å². The number of rotatable bonds is 6. The van der Waals surface area contributed by atoms with Gasteiger partial charge < -0.3 is 20.1 Å². The average Bonchev–Trinajstić information content (AvgIpc) is 3.47. The second-order valence-electron chi connectivity index (χ2n) is 8.66. The maximum Gasteiger partial charge on any atom is 0.285 e. The molecule has 3 aliphatic heterocycles. The summed E-state index contributed by atoms with van der Waals surface area (Å²) in [5, 5.41) is 6.15. The number of morpholine rings is 1. The van der Waals surface area contributed by atoms with Gasteiger partial charge >= 0.3 is 0 Å². The molecule has 9 nitrogen and oxygen atoms in total. The van der Waals surface area contributed by atoms with Crippen LogP contribution in [0.1, 0.15) is 22.3 Å². The molecule has 3 heterocycles. The predicted octanol–water partition coefficient (Wildman–Crippen LogP) is 1.71. The number of amidine groups is 1. The standard InChI is InChI=1S/C24H28N4O5S/c29-24(25-15-21(18-9-12-33-16-18)28-10-13-32-14-11-28)17-5-7-19(8-6-17)26-23-20-3-1-2-4-22(20)34(30,31)27-23/h1-8,18,21H,9-16H2,(H,25,29)(H,26,27). The number of sulfonamides is 1. The summed E-state index contributed by atoms with van der Waals surface area (Å²) in [6, 6.07) is 13.8. The number of anilines is 1. The molecule has 34 heavy (non-hydrogen) atoms. The number of ether oxygens (including phenoxy) is 2. The van der Waals surface area contributed by atoms with E-state index in [9.17, 15) is 13.2 Å². The number of fused-ring (bicyclic) bond motifs is 1. The van der Waals surface area contributed by atoms with Crippen LogP contribution in [0.5, 0.6) is 0 Å². The highest BCUT2D eigenvalue weighted by atomic mass is 32.2. The summed E-state index contributed by atoms with van der Waals surface area (Å²) in [6.45, 7) is 5.19. The average molecular weight is 485 g/mol. The molecule has 0 saturated carbocycles. The van der Waals surface area contributed by atoms with Gasteiger partial charge in [0.25, 0.3) is 15.9 Å². The Balaban J connectivity index is 1.22. The molecule has 2 N–H and O–H groups in total. The molecule has 180 valence electrons. The van der Waals surface area contributed by atoms with Crippen LogP contribution in [0.2, 0.25) is 0 Å². The fourth-order valence-electron chi connectivity index (χ4n) is 4.70. The summed E-state index contributed by atoms with van der Waals surface area (Å²) in [5.74, 6) is 0.533. The van der Waals surface area contributed by atoms with Gasteiger partial charge in [-0.15, -0.1) is 4.40 Å². The molecule has 0 radical (unpaired) electrons. The van der Waals surface area contributed by atoms with Crippen LogP contribution in [0.4, 0.5) is 5.69 Å². The molecule has 2 aromatic carbocycles. The van der Waals surface area contributed by atoms with Crippen LogP contribution >= 0.6 is 0 Å². The smallest absolute Gasteiger partial charge is 0.285 e. The highest BCUT2D eigenvalue weighted by molar-refractivity contribution is 7.90. The van der Waals surface area contributed by atoms with Gasteiger partial charge in [-0.25, -0.2) is 0 Å². The summed E-state index contributed by atoms with van der Waals surface area (Å²) in [6.07, 6.45) is 1.00. The molecule has 5 rings (SSSR count). The van der Waals surface area contributed by atoms with Crippen molar-refractivity contribution >= 4 is 27.5 Å². The van der Waals surface area contributed by atoms with Crippen LogP contribution in [0.15, 0.2) is 57.8 Å². The molecule has 0 spiro atoms. The summed E-state index contributed by atoms with van der Waals surface area (Å²) in [4.78, 5) is 15.4. The van der Waals surface area contributed by atoms with E-state index >= 15 is 0 Å². The number of carbonyl (C=O) groups is 1.